The molecule has 7 nitrogen and oxygen atoms in total. The van der Waals surface area contributed by atoms with Crippen molar-refractivity contribution in [3.63, 3.8) is 0 Å². The summed E-state index contributed by atoms with van der Waals surface area (Å²) in [5, 5.41) is 3.14. The summed E-state index contributed by atoms with van der Waals surface area (Å²) >= 11 is 0. The van der Waals surface area contributed by atoms with Gasteiger partial charge in [-0.05, 0) is 86.6 Å². The zero-order chi connectivity index (χ0) is 34.5. The molecular weight excluding hydrogens is 619 g/mol. The molecule has 1 saturated heterocycles. The molecule has 2 heterocycles. The number of hydrogen-bond donors (Lipinski definition) is 1. The van der Waals surface area contributed by atoms with Gasteiger partial charge in [0.1, 0.15) is 5.82 Å². The predicted octanol–water partition coefficient (Wildman–Crippen LogP) is 9.51. The molecule has 1 N–H and O–H groups in total. The topological polar surface area (TPSA) is 78.8 Å². The molecule has 1 aliphatic heterocycles. The molecular formula is C41H47FN2O5. The molecule has 258 valence electrons. The van der Waals surface area contributed by atoms with Gasteiger partial charge in [-0.1, -0.05) is 62.4 Å². The number of nitrogens with one attached hydrogen (secondary N) is 1. The molecule has 3 aromatic carbocycles. The van der Waals surface area contributed by atoms with Crippen LogP contribution in [0.4, 0.5) is 10.1 Å². The van der Waals surface area contributed by atoms with Crippen LogP contribution in [0.5, 0.6) is 0 Å². The third-order valence-corrected chi connectivity index (χ3v) is 9.38. The van der Waals surface area contributed by atoms with Crippen molar-refractivity contribution in [3.8, 4) is 22.4 Å². The Morgan fingerprint density at radius 3 is 2.14 bits per heavy atom. The summed E-state index contributed by atoms with van der Waals surface area (Å²) in [4.78, 5) is 27.1. The fourth-order valence-electron chi connectivity index (χ4n) is 7.45. The number of halogens is 1. The van der Waals surface area contributed by atoms with Gasteiger partial charge in [0.25, 0.3) is 5.91 Å². The molecule has 4 aromatic rings. The maximum absolute atomic E-state index is 14.4. The highest BCUT2D eigenvalue weighted by Crippen LogP contribution is 2.45. The van der Waals surface area contributed by atoms with E-state index in [2.05, 4.69) is 23.7 Å². The Bertz CT molecular complexity index is 1730. The van der Waals surface area contributed by atoms with Crippen LogP contribution in [0.15, 0.2) is 84.9 Å². The first-order valence-corrected chi connectivity index (χ1v) is 17.6. The Kier molecular flexibility index (Phi) is 10.7. The van der Waals surface area contributed by atoms with Crippen molar-refractivity contribution >= 4 is 17.6 Å². The standard InChI is InChI=1S/C41H47FN2O5/c1-27(2)38-37(40(46)43-32-15-9-6-10-16-32)36(29-13-7-5-8-14-29)39(30-17-19-31(42)20-18-30)44(38)24-21-33-25-34(26-35(45)47-28(3)4)49-41(48-33)22-11-12-23-41/h5-10,13-20,27-28,33-34H,11-12,21-26H2,1-4H3,(H,43,46)/t33?,34-/m0/s1. The lowest BCUT2D eigenvalue weighted by molar-refractivity contribution is -0.315. The second-order valence-corrected chi connectivity index (χ2v) is 13.8. The third-order valence-electron chi connectivity index (χ3n) is 9.38. The van der Waals surface area contributed by atoms with Gasteiger partial charge in [0.05, 0.1) is 36.0 Å². The van der Waals surface area contributed by atoms with Gasteiger partial charge in [0, 0.05) is 42.8 Å². The largest absolute Gasteiger partial charge is 0.463 e. The van der Waals surface area contributed by atoms with Gasteiger partial charge in [-0.15, -0.1) is 0 Å². The molecule has 2 fully saturated rings. The van der Waals surface area contributed by atoms with Crippen molar-refractivity contribution in [1.29, 1.82) is 0 Å². The number of rotatable bonds is 11. The predicted molar refractivity (Wildman–Crippen MR) is 190 cm³/mol. The van der Waals surface area contributed by atoms with Crippen molar-refractivity contribution in [2.75, 3.05) is 5.32 Å². The van der Waals surface area contributed by atoms with Crippen molar-refractivity contribution in [2.24, 2.45) is 0 Å². The van der Waals surface area contributed by atoms with Crippen molar-refractivity contribution in [2.45, 2.75) is 109 Å². The summed E-state index contributed by atoms with van der Waals surface area (Å²) in [6.45, 7) is 8.45. The van der Waals surface area contributed by atoms with Gasteiger partial charge in [-0.25, -0.2) is 4.39 Å². The summed E-state index contributed by atoms with van der Waals surface area (Å²) in [6.07, 6.45) is 4.33. The molecule has 8 heteroatoms. The minimum atomic E-state index is -0.695. The lowest BCUT2D eigenvalue weighted by Crippen LogP contribution is -2.47. The Morgan fingerprint density at radius 2 is 1.51 bits per heavy atom. The molecule has 0 bridgehead atoms. The van der Waals surface area contributed by atoms with Gasteiger partial charge in [0.2, 0.25) is 0 Å². The SMILES string of the molecule is CC(C)OC(=O)C[C@@H]1CC(CCn2c(-c3ccc(F)cc3)c(-c3ccccc3)c(C(=O)Nc3ccccc3)c2C(C)C)OC2(CCCC2)O1. The van der Waals surface area contributed by atoms with Crippen LogP contribution in [0.2, 0.25) is 0 Å². The van der Waals surface area contributed by atoms with E-state index in [1.54, 1.807) is 12.1 Å². The normalized spacial score (nSPS) is 18.7. The summed E-state index contributed by atoms with van der Waals surface area (Å²) in [7, 11) is 0. The fourth-order valence-corrected chi connectivity index (χ4v) is 7.45. The maximum Gasteiger partial charge on any atom is 0.308 e. The van der Waals surface area contributed by atoms with Gasteiger partial charge in [-0.2, -0.15) is 0 Å². The van der Waals surface area contributed by atoms with Gasteiger partial charge < -0.3 is 24.1 Å². The number of carbonyl (C=O) groups is 2. The zero-order valence-corrected chi connectivity index (χ0v) is 28.9. The average Bonchev–Trinajstić information content (AvgIpc) is 3.66. The van der Waals surface area contributed by atoms with Crippen LogP contribution < -0.4 is 5.32 Å². The molecule has 1 aromatic heterocycles. The molecule has 1 amide bonds. The van der Waals surface area contributed by atoms with Crippen molar-refractivity contribution < 1.29 is 28.2 Å². The summed E-state index contributed by atoms with van der Waals surface area (Å²) in [6, 6.07) is 25.9. The molecule has 0 radical (unpaired) electrons. The number of carbonyl (C=O) groups excluding carboxylic acids is 2. The quantitative estimate of drug-likeness (QED) is 0.161. The van der Waals surface area contributed by atoms with E-state index in [1.165, 1.54) is 12.1 Å². The second-order valence-electron chi connectivity index (χ2n) is 13.8. The van der Waals surface area contributed by atoms with E-state index in [0.717, 1.165) is 53.8 Å². The number of hydrogen-bond acceptors (Lipinski definition) is 5. The van der Waals surface area contributed by atoms with Crippen LogP contribution >= 0.6 is 0 Å². The van der Waals surface area contributed by atoms with Gasteiger partial charge >= 0.3 is 5.97 Å². The fraction of sp³-hybridized carbons (Fsp3) is 0.415. The highest BCUT2D eigenvalue weighted by molar-refractivity contribution is 6.12. The van der Waals surface area contributed by atoms with E-state index in [1.807, 2.05) is 74.5 Å². The Labute approximate surface area is 288 Å². The number of aromatic nitrogens is 1. The lowest BCUT2D eigenvalue weighted by atomic mass is 9.94. The molecule has 49 heavy (non-hydrogen) atoms. The van der Waals surface area contributed by atoms with Crippen LogP contribution in [0.25, 0.3) is 22.4 Å². The average molecular weight is 667 g/mol. The lowest BCUT2D eigenvalue weighted by Gasteiger charge is -2.43. The molecule has 6 rings (SSSR count). The van der Waals surface area contributed by atoms with E-state index in [4.69, 9.17) is 14.2 Å². The number of benzene rings is 3. The molecule has 2 aliphatic rings. The van der Waals surface area contributed by atoms with Gasteiger partial charge in [0.15, 0.2) is 5.79 Å². The number of amides is 1. The number of nitrogens with zero attached hydrogens (tertiary/aromatic N) is 1. The summed E-state index contributed by atoms with van der Waals surface area (Å²) < 4.78 is 35.3. The van der Waals surface area contributed by atoms with Crippen LogP contribution in [-0.2, 0) is 25.5 Å². The van der Waals surface area contributed by atoms with Crippen LogP contribution in [0, 0.1) is 5.82 Å². The third kappa shape index (κ3) is 7.97. The van der Waals surface area contributed by atoms with Crippen molar-refractivity contribution in [1.82, 2.24) is 4.57 Å². The Hall–Kier alpha value is -4.27. The molecule has 2 atom stereocenters. The number of ether oxygens (including phenoxy) is 3. The van der Waals surface area contributed by atoms with E-state index in [-0.39, 0.29) is 48.3 Å². The molecule has 1 unspecified atom stereocenters. The minimum absolute atomic E-state index is 0.0245. The summed E-state index contributed by atoms with van der Waals surface area (Å²) in [5.41, 5.74) is 5.57. The van der Waals surface area contributed by atoms with E-state index in [9.17, 15) is 14.0 Å². The van der Waals surface area contributed by atoms with E-state index < -0.39 is 5.79 Å². The minimum Gasteiger partial charge on any atom is -0.463 e. The first-order chi connectivity index (χ1) is 23.6. The monoisotopic (exact) mass is 666 g/mol. The highest BCUT2D eigenvalue weighted by atomic mass is 19.1. The van der Waals surface area contributed by atoms with Crippen LogP contribution in [-0.4, -0.2) is 40.5 Å². The highest BCUT2D eigenvalue weighted by Gasteiger charge is 2.45. The van der Waals surface area contributed by atoms with E-state index in [0.29, 0.717) is 30.6 Å². The first-order valence-electron chi connectivity index (χ1n) is 17.6. The van der Waals surface area contributed by atoms with E-state index >= 15 is 0 Å². The Morgan fingerprint density at radius 1 is 0.878 bits per heavy atom. The van der Waals surface area contributed by atoms with Crippen LogP contribution in [0.1, 0.15) is 94.6 Å². The molecule has 1 aliphatic carbocycles. The smallest absolute Gasteiger partial charge is 0.308 e. The number of anilines is 1. The van der Waals surface area contributed by atoms with Gasteiger partial charge in [-0.3, -0.25) is 9.59 Å². The first kappa shape index (κ1) is 34.6. The number of para-hydroxylation sites is 1. The number of esters is 1. The van der Waals surface area contributed by atoms with Crippen molar-refractivity contribution in [3.05, 3.63) is 102 Å². The second kappa shape index (κ2) is 15.1. The zero-order valence-electron chi connectivity index (χ0n) is 28.9. The Balaban J connectivity index is 1.43. The van der Waals surface area contributed by atoms with Crippen LogP contribution in [0.3, 0.4) is 0 Å². The summed E-state index contributed by atoms with van der Waals surface area (Å²) in [5.74, 6) is -1.51. The molecule has 1 spiro atoms. The molecule has 1 saturated carbocycles. The maximum atomic E-state index is 14.4.